The van der Waals surface area contributed by atoms with Crippen LogP contribution < -0.4 is 4.90 Å². The summed E-state index contributed by atoms with van der Waals surface area (Å²) in [6, 6.07) is 23.7. The fourth-order valence-electron chi connectivity index (χ4n) is 4.06. The number of rotatable bonds is 10. The molecule has 0 saturated heterocycles. The van der Waals surface area contributed by atoms with Gasteiger partial charge in [-0.3, -0.25) is 19.4 Å². The Morgan fingerprint density at radius 1 is 0.811 bits per heavy atom. The average molecular weight is 514 g/mol. The fraction of sp³-hybridized carbons (Fsp3) is 0.172. The van der Waals surface area contributed by atoms with Gasteiger partial charge in [-0.15, -0.1) is 11.3 Å². The van der Waals surface area contributed by atoms with Gasteiger partial charge in [0, 0.05) is 49.6 Å². The molecule has 8 heteroatoms. The molecule has 2 amide bonds. The van der Waals surface area contributed by atoms with Crippen molar-refractivity contribution in [1.29, 1.82) is 0 Å². The number of hydrogen-bond donors (Lipinski definition) is 1. The summed E-state index contributed by atoms with van der Waals surface area (Å²) in [4.78, 5) is 46.0. The van der Waals surface area contributed by atoms with E-state index in [4.69, 9.17) is 0 Å². The molecule has 188 valence electrons. The maximum Gasteiger partial charge on any atom is 0.305 e. The van der Waals surface area contributed by atoms with Crippen LogP contribution in [0.5, 0.6) is 0 Å². The van der Waals surface area contributed by atoms with Gasteiger partial charge in [0.05, 0.1) is 11.4 Å². The molecule has 0 saturated carbocycles. The van der Waals surface area contributed by atoms with Gasteiger partial charge in [-0.25, -0.2) is 0 Å². The van der Waals surface area contributed by atoms with Gasteiger partial charge in [-0.05, 0) is 52.9 Å². The lowest BCUT2D eigenvalue weighted by Crippen LogP contribution is -2.35. The average Bonchev–Trinajstić information content (AvgIpc) is 3.47. The summed E-state index contributed by atoms with van der Waals surface area (Å²) in [6.07, 6.45) is 2.01. The molecule has 0 aliphatic rings. The lowest BCUT2D eigenvalue weighted by atomic mass is 9.94. The summed E-state index contributed by atoms with van der Waals surface area (Å²) in [5.74, 6) is -1.45. The lowest BCUT2D eigenvalue weighted by molar-refractivity contribution is -0.137. The predicted molar refractivity (Wildman–Crippen MR) is 145 cm³/mol. The molecule has 0 atom stereocenters. The number of pyridine rings is 1. The van der Waals surface area contributed by atoms with Gasteiger partial charge < -0.3 is 14.9 Å². The van der Waals surface area contributed by atoms with Crippen LogP contribution in [0, 0.1) is 0 Å². The molecule has 0 radical (unpaired) electrons. The molecule has 0 aliphatic heterocycles. The molecular weight excluding hydrogens is 486 g/mol. The zero-order valence-electron chi connectivity index (χ0n) is 20.4. The van der Waals surface area contributed by atoms with Crippen molar-refractivity contribution in [2.45, 2.75) is 12.8 Å². The van der Waals surface area contributed by atoms with Gasteiger partial charge >= 0.3 is 5.97 Å². The summed E-state index contributed by atoms with van der Waals surface area (Å²) in [5, 5.41) is 12.0. The molecular formula is C29H27N3O4S. The first kappa shape index (κ1) is 25.8. The predicted octanol–water partition coefficient (Wildman–Crippen LogP) is 5.25. The minimum atomic E-state index is -0.975. The minimum absolute atomic E-state index is 0.0665. The van der Waals surface area contributed by atoms with Crippen molar-refractivity contribution in [3.8, 4) is 11.1 Å². The maximum absolute atomic E-state index is 13.8. The van der Waals surface area contributed by atoms with Gasteiger partial charge in [0.1, 0.15) is 0 Å². The second kappa shape index (κ2) is 12.1. The van der Waals surface area contributed by atoms with Crippen molar-refractivity contribution in [1.82, 2.24) is 9.88 Å². The maximum atomic E-state index is 13.8. The smallest absolute Gasteiger partial charge is 0.305 e. The first-order chi connectivity index (χ1) is 18.0. The van der Waals surface area contributed by atoms with Crippen LogP contribution in [0.25, 0.3) is 11.1 Å². The van der Waals surface area contributed by atoms with Gasteiger partial charge in [0.15, 0.2) is 0 Å². The van der Waals surface area contributed by atoms with E-state index in [0.717, 1.165) is 10.7 Å². The highest BCUT2D eigenvalue weighted by atomic mass is 32.1. The number of nitrogens with zero attached hydrogens (tertiary/aromatic N) is 3. The third-order valence-electron chi connectivity index (χ3n) is 5.99. The molecule has 0 bridgehead atoms. The largest absolute Gasteiger partial charge is 0.481 e. The van der Waals surface area contributed by atoms with E-state index in [1.54, 1.807) is 47.3 Å². The minimum Gasteiger partial charge on any atom is -0.481 e. The van der Waals surface area contributed by atoms with E-state index >= 15 is 0 Å². The quantitative estimate of drug-likeness (QED) is 0.313. The monoisotopic (exact) mass is 513 g/mol. The summed E-state index contributed by atoms with van der Waals surface area (Å²) in [5.41, 5.74) is 2.96. The Morgan fingerprint density at radius 2 is 1.46 bits per heavy atom. The number of carbonyl (C=O) groups is 3. The van der Waals surface area contributed by atoms with Gasteiger partial charge in [0.25, 0.3) is 11.8 Å². The van der Waals surface area contributed by atoms with Crippen LogP contribution in [0.1, 0.15) is 32.8 Å². The second-order valence-corrected chi connectivity index (χ2v) is 9.34. The SMILES string of the molecule is CN(C(=O)c1ccccc1-c1ccccc1C(=O)N(CCC(=O)O)CCc1ccccn1)c1cccs1. The van der Waals surface area contributed by atoms with E-state index in [-0.39, 0.29) is 24.8 Å². The van der Waals surface area contributed by atoms with Crippen LogP contribution in [0.4, 0.5) is 5.00 Å². The molecule has 2 aromatic heterocycles. The molecule has 2 heterocycles. The summed E-state index contributed by atoms with van der Waals surface area (Å²) < 4.78 is 0. The highest BCUT2D eigenvalue weighted by Gasteiger charge is 2.24. The van der Waals surface area contributed by atoms with Crippen molar-refractivity contribution in [2.24, 2.45) is 0 Å². The standard InChI is InChI=1S/C29H27N3O4S/c1-31(26-14-8-20-37-26)28(35)24-12-4-2-10-22(24)23-11-3-5-13-25(23)29(36)32(19-16-27(33)34)18-15-21-9-6-7-17-30-21/h2-14,17,20H,15-16,18-19H2,1H3,(H,33,34). The van der Waals surface area contributed by atoms with Crippen molar-refractivity contribution >= 4 is 34.1 Å². The fourth-order valence-corrected chi connectivity index (χ4v) is 4.76. The number of hydrogen-bond acceptors (Lipinski definition) is 5. The third-order valence-corrected chi connectivity index (χ3v) is 6.94. The molecule has 0 fully saturated rings. The van der Waals surface area contributed by atoms with E-state index < -0.39 is 5.97 Å². The van der Waals surface area contributed by atoms with E-state index in [2.05, 4.69) is 4.98 Å². The number of benzene rings is 2. The topological polar surface area (TPSA) is 90.8 Å². The number of anilines is 1. The van der Waals surface area contributed by atoms with Crippen LogP contribution in [0.15, 0.2) is 90.4 Å². The molecule has 2 aromatic carbocycles. The molecule has 37 heavy (non-hydrogen) atoms. The van der Waals surface area contributed by atoms with Gasteiger partial charge in [-0.2, -0.15) is 0 Å². The van der Waals surface area contributed by atoms with E-state index in [1.165, 1.54) is 11.3 Å². The van der Waals surface area contributed by atoms with E-state index in [0.29, 0.717) is 35.2 Å². The second-order valence-electron chi connectivity index (χ2n) is 8.41. The summed E-state index contributed by atoms with van der Waals surface area (Å²) in [7, 11) is 1.73. The summed E-state index contributed by atoms with van der Waals surface area (Å²) >= 11 is 1.47. The highest BCUT2D eigenvalue weighted by Crippen LogP contribution is 2.31. The van der Waals surface area contributed by atoms with E-state index in [9.17, 15) is 19.5 Å². The van der Waals surface area contributed by atoms with Gasteiger partial charge in [-0.1, -0.05) is 42.5 Å². The number of thiophene rings is 1. The van der Waals surface area contributed by atoms with Crippen LogP contribution in [-0.4, -0.2) is 52.9 Å². The Bertz CT molecular complexity index is 1370. The Kier molecular flexibility index (Phi) is 8.43. The van der Waals surface area contributed by atoms with Crippen LogP contribution in [-0.2, 0) is 11.2 Å². The Morgan fingerprint density at radius 3 is 2.05 bits per heavy atom. The zero-order chi connectivity index (χ0) is 26.2. The molecule has 7 nitrogen and oxygen atoms in total. The third kappa shape index (κ3) is 6.29. The van der Waals surface area contributed by atoms with Crippen molar-refractivity contribution in [3.05, 3.63) is 107 Å². The lowest BCUT2D eigenvalue weighted by Gasteiger charge is -2.24. The molecule has 0 spiro atoms. The Hall–Kier alpha value is -4.30. The molecule has 1 N–H and O–H groups in total. The summed E-state index contributed by atoms with van der Waals surface area (Å²) in [6.45, 7) is 0.385. The number of aliphatic carboxylic acids is 1. The molecule has 4 rings (SSSR count). The number of carboxylic acids is 1. The van der Waals surface area contributed by atoms with Crippen LogP contribution >= 0.6 is 11.3 Å². The molecule has 0 unspecified atom stereocenters. The molecule has 4 aromatic rings. The number of amides is 2. The van der Waals surface area contributed by atoms with Crippen LogP contribution in [0.3, 0.4) is 0 Å². The van der Waals surface area contributed by atoms with E-state index in [1.807, 2.05) is 60.0 Å². The number of aromatic nitrogens is 1. The Labute approximate surface area is 219 Å². The van der Waals surface area contributed by atoms with Crippen molar-refractivity contribution < 1.29 is 19.5 Å². The number of carboxylic acid groups (broad SMARTS) is 1. The normalized spacial score (nSPS) is 10.6. The number of carbonyl (C=O) groups excluding carboxylic acids is 2. The zero-order valence-corrected chi connectivity index (χ0v) is 21.2. The van der Waals surface area contributed by atoms with Gasteiger partial charge in [0.2, 0.25) is 0 Å². The molecule has 0 aliphatic carbocycles. The first-order valence-electron chi connectivity index (χ1n) is 11.9. The Balaban J connectivity index is 1.67. The first-order valence-corrected chi connectivity index (χ1v) is 12.7. The van der Waals surface area contributed by atoms with Crippen molar-refractivity contribution in [3.63, 3.8) is 0 Å². The van der Waals surface area contributed by atoms with Crippen molar-refractivity contribution in [2.75, 3.05) is 25.0 Å². The highest BCUT2D eigenvalue weighted by molar-refractivity contribution is 7.14. The van der Waals surface area contributed by atoms with Crippen LogP contribution in [0.2, 0.25) is 0 Å².